The van der Waals surface area contributed by atoms with E-state index < -0.39 is 11.9 Å². The summed E-state index contributed by atoms with van der Waals surface area (Å²) in [6.45, 7) is 2.50. The topological polar surface area (TPSA) is 82.8 Å². The number of hydrogen-bond donors (Lipinski definition) is 0. The van der Waals surface area contributed by atoms with Gasteiger partial charge in [-0.3, -0.25) is 14.4 Å². The van der Waals surface area contributed by atoms with Crippen LogP contribution in [0, 0.1) is 0 Å². The highest BCUT2D eigenvalue weighted by atomic mass is 16.5. The third kappa shape index (κ3) is 2.47. The normalized spacial score (nSPS) is 13.0. The monoisotopic (exact) mass is 302 g/mol. The molecule has 0 N–H and O–H groups in total. The molecule has 0 aliphatic heterocycles. The van der Waals surface area contributed by atoms with E-state index in [1.54, 1.807) is 0 Å². The molecule has 3 rings (SSSR count). The van der Waals surface area contributed by atoms with Crippen molar-refractivity contribution in [2.45, 2.75) is 33.1 Å². The summed E-state index contributed by atoms with van der Waals surface area (Å²) in [6.07, 6.45) is 2.20. The maximum atomic E-state index is 12.6. The lowest BCUT2D eigenvalue weighted by molar-refractivity contribution is -0.132. The number of fused-ring (bicyclic) bond motifs is 2. The predicted molar refractivity (Wildman–Crippen MR) is 77.1 cm³/mol. The zero-order valence-electron chi connectivity index (χ0n) is 12.2. The molecule has 0 amide bonds. The lowest BCUT2D eigenvalue weighted by Gasteiger charge is -2.10. The van der Waals surface area contributed by atoms with Gasteiger partial charge in [0.25, 0.3) is 0 Å². The van der Waals surface area contributed by atoms with E-state index in [9.17, 15) is 14.4 Å². The Kier molecular flexibility index (Phi) is 3.44. The summed E-state index contributed by atoms with van der Waals surface area (Å²) < 4.78 is 15.9. The van der Waals surface area contributed by atoms with Crippen molar-refractivity contribution in [2.75, 3.05) is 0 Å². The first-order valence-electron chi connectivity index (χ1n) is 6.95. The SMILES string of the molecule is CC(=O)Oc1cc(OC(C)=O)c2oc3c(c(=O)c2c1)CCC3. The minimum Gasteiger partial charge on any atom is -0.457 e. The number of carbonyl (C=O) groups excluding carboxylic acids is 2. The maximum absolute atomic E-state index is 12.6. The van der Waals surface area contributed by atoms with Crippen LogP contribution in [-0.4, -0.2) is 11.9 Å². The molecule has 0 spiro atoms. The van der Waals surface area contributed by atoms with E-state index in [-0.39, 0.29) is 27.9 Å². The van der Waals surface area contributed by atoms with Crippen molar-refractivity contribution >= 4 is 22.9 Å². The quantitative estimate of drug-likeness (QED) is 0.624. The first-order valence-corrected chi connectivity index (χ1v) is 6.95. The Morgan fingerprint density at radius 3 is 2.50 bits per heavy atom. The van der Waals surface area contributed by atoms with Crippen LogP contribution in [0.3, 0.4) is 0 Å². The average Bonchev–Trinajstić information content (AvgIpc) is 2.87. The first-order chi connectivity index (χ1) is 10.5. The van der Waals surface area contributed by atoms with Gasteiger partial charge in [0, 0.05) is 31.9 Å². The molecule has 0 saturated carbocycles. The summed E-state index contributed by atoms with van der Waals surface area (Å²) in [5, 5.41) is 0.246. The van der Waals surface area contributed by atoms with Gasteiger partial charge in [0.15, 0.2) is 16.8 Å². The third-order valence-corrected chi connectivity index (χ3v) is 3.45. The Labute approximate surface area is 125 Å². The molecular formula is C16H14O6. The number of aryl methyl sites for hydroxylation is 1. The molecule has 1 heterocycles. The standard InChI is InChI=1S/C16H14O6/c1-8(17)20-10-6-12-15(19)11-4-3-5-13(11)22-16(12)14(7-10)21-9(2)18/h6-7H,3-5H2,1-2H3. The van der Waals surface area contributed by atoms with Crippen molar-refractivity contribution in [2.24, 2.45) is 0 Å². The van der Waals surface area contributed by atoms with E-state index >= 15 is 0 Å². The molecule has 1 aliphatic carbocycles. The van der Waals surface area contributed by atoms with E-state index in [1.165, 1.54) is 26.0 Å². The molecule has 0 fully saturated rings. The third-order valence-electron chi connectivity index (χ3n) is 3.45. The Morgan fingerprint density at radius 2 is 1.82 bits per heavy atom. The average molecular weight is 302 g/mol. The smallest absolute Gasteiger partial charge is 0.308 e. The molecule has 22 heavy (non-hydrogen) atoms. The van der Waals surface area contributed by atoms with Crippen molar-refractivity contribution in [1.82, 2.24) is 0 Å². The van der Waals surface area contributed by atoms with Gasteiger partial charge in [-0.25, -0.2) is 0 Å². The highest BCUT2D eigenvalue weighted by Gasteiger charge is 2.22. The van der Waals surface area contributed by atoms with Crippen LogP contribution < -0.4 is 14.9 Å². The minimum atomic E-state index is -0.551. The lowest BCUT2D eigenvalue weighted by Crippen LogP contribution is -2.11. The fourth-order valence-electron chi connectivity index (χ4n) is 2.66. The van der Waals surface area contributed by atoms with Crippen molar-refractivity contribution in [1.29, 1.82) is 0 Å². The van der Waals surface area contributed by atoms with Crippen LogP contribution in [0.4, 0.5) is 0 Å². The molecule has 114 valence electrons. The molecule has 0 atom stereocenters. The number of hydrogen-bond acceptors (Lipinski definition) is 6. The van der Waals surface area contributed by atoms with Crippen LogP contribution in [0.25, 0.3) is 11.0 Å². The predicted octanol–water partition coefficient (Wildman–Crippen LogP) is 2.13. The Balaban J connectivity index is 2.29. The zero-order valence-corrected chi connectivity index (χ0v) is 12.2. The van der Waals surface area contributed by atoms with Crippen molar-refractivity contribution in [3.8, 4) is 11.5 Å². The van der Waals surface area contributed by atoms with Gasteiger partial charge in [0.1, 0.15) is 11.5 Å². The van der Waals surface area contributed by atoms with Crippen molar-refractivity contribution < 1.29 is 23.5 Å². The molecule has 1 aromatic heterocycles. The van der Waals surface area contributed by atoms with E-state index in [1.807, 2.05) is 0 Å². The molecule has 1 aliphatic rings. The second-order valence-corrected chi connectivity index (χ2v) is 5.17. The van der Waals surface area contributed by atoms with Gasteiger partial charge in [0.05, 0.1) is 5.39 Å². The highest BCUT2D eigenvalue weighted by molar-refractivity contribution is 5.88. The Bertz CT molecular complexity index is 846. The Morgan fingerprint density at radius 1 is 1.09 bits per heavy atom. The number of esters is 2. The summed E-state index contributed by atoms with van der Waals surface area (Å²) >= 11 is 0. The molecule has 2 aromatic rings. The summed E-state index contributed by atoms with van der Waals surface area (Å²) in [5.74, 6) is -0.233. The van der Waals surface area contributed by atoms with Gasteiger partial charge >= 0.3 is 11.9 Å². The molecule has 0 radical (unpaired) electrons. The van der Waals surface area contributed by atoms with Crippen LogP contribution >= 0.6 is 0 Å². The molecule has 6 heteroatoms. The number of rotatable bonds is 2. The second-order valence-electron chi connectivity index (χ2n) is 5.17. The second kappa shape index (κ2) is 5.29. The largest absolute Gasteiger partial charge is 0.457 e. The van der Waals surface area contributed by atoms with Gasteiger partial charge in [0.2, 0.25) is 0 Å². The summed E-state index contributed by atoms with van der Waals surface area (Å²) in [4.78, 5) is 34.9. The fourth-order valence-corrected chi connectivity index (χ4v) is 2.66. The zero-order chi connectivity index (χ0) is 15.9. The van der Waals surface area contributed by atoms with Crippen LogP contribution in [0.15, 0.2) is 21.3 Å². The van der Waals surface area contributed by atoms with Crippen molar-refractivity contribution in [3.63, 3.8) is 0 Å². The van der Waals surface area contributed by atoms with Gasteiger partial charge < -0.3 is 13.9 Å². The maximum Gasteiger partial charge on any atom is 0.308 e. The summed E-state index contributed by atoms with van der Waals surface area (Å²) in [5.41, 5.74) is 0.675. The van der Waals surface area contributed by atoms with Crippen LogP contribution in [0.5, 0.6) is 11.5 Å². The molecular weight excluding hydrogens is 288 g/mol. The molecule has 6 nitrogen and oxygen atoms in total. The number of ether oxygens (including phenoxy) is 2. The van der Waals surface area contributed by atoms with E-state index in [0.717, 1.165) is 6.42 Å². The summed E-state index contributed by atoms with van der Waals surface area (Å²) in [7, 11) is 0. The summed E-state index contributed by atoms with van der Waals surface area (Å²) in [6, 6.07) is 2.81. The van der Waals surface area contributed by atoms with Gasteiger partial charge in [-0.2, -0.15) is 0 Å². The van der Waals surface area contributed by atoms with Crippen LogP contribution in [-0.2, 0) is 22.4 Å². The number of carbonyl (C=O) groups is 2. The Hall–Kier alpha value is -2.63. The van der Waals surface area contributed by atoms with E-state index in [4.69, 9.17) is 13.9 Å². The first kappa shape index (κ1) is 14.3. The molecule has 0 saturated heterocycles. The minimum absolute atomic E-state index is 0.0769. The van der Waals surface area contributed by atoms with E-state index in [2.05, 4.69) is 0 Å². The van der Waals surface area contributed by atoms with E-state index in [0.29, 0.717) is 24.2 Å². The van der Waals surface area contributed by atoms with Gasteiger partial charge in [-0.15, -0.1) is 0 Å². The van der Waals surface area contributed by atoms with Crippen LogP contribution in [0.1, 0.15) is 31.6 Å². The van der Waals surface area contributed by atoms with Crippen LogP contribution in [0.2, 0.25) is 0 Å². The number of benzene rings is 1. The van der Waals surface area contributed by atoms with Crippen molar-refractivity contribution in [3.05, 3.63) is 33.7 Å². The van der Waals surface area contributed by atoms with Gasteiger partial charge in [-0.05, 0) is 18.9 Å². The molecule has 0 unspecified atom stereocenters. The molecule has 1 aromatic carbocycles. The van der Waals surface area contributed by atoms with Gasteiger partial charge in [-0.1, -0.05) is 0 Å². The fraction of sp³-hybridized carbons (Fsp3) is 0.312. The molecule has 0 bridgehead atoms. The highest BCUT2D eigenvalue weighted by Crippen LogP contribution is 2.33. The lowest BCUT2D eigenvalue weighted by atomic mass is 10.1.